The summed E-state index contributed by atoms with van der Waals surface area (Å²) in [4.78, 5) is 27.4. The first-order chi connectivity index (χ1) is 15.0. The Balaban J connectivity index is 1.59. The molecule has 1 aliphatic carbocycles. The van der Waals surface area contributed by atoms with Crippen LogP contribution >= 0.6 is 11.8 Å². The van der Waals surface area contributed by atoms with Crippen LogP contribution < -0.4 is 10.1 Å². The Hall–Kier alpha value is -2.73. The fraction of sp³-hybridized carbons (Fsp3) is 0.360. The van der Waals surface area contributed by atoms with E-state index in [1.807, 2.05) is 48.5 Å². The maximum atomic E-state index is 13.5. The van der Waals surface area contributed by atoms with E-state index in [9.17, 15) is 9.59 Å². The van der Waals surface area contributed by atoms with Crippen LogP contribution in [-0.4, -0.2) is 28.3 Å². The zero-order valence-corrected chi connectivity index (χ0v) is 18.7. The standard InChI is InChI=1S/C25H28N2O3S/c1-17-8-6-7-11-22(17)27-24(29)23(31-25(27)26-20-9-4-3-5-10-20)16-19-12-14-21(15-13-19)30-18(2)28/h3-5,9-10,12-17,22,25-26H,6-8,11H2,1-2H3/b23-16-/t17-,22+,25?/m1/s1. The number of hydrogen-bond acceptors (Lipinski definition) is 5. The molecule has 3 atom stereocenters. The molecule has 1 saturated heterocycles. The summed E-state index contributed by atoms with van der Waals surface area (Å²) in [5.74, 6) is 0.725. The van der Waals surface area contributed by atoms with Crippen molar-refractivity contribution in [3.05, 3.63) is 65.1 Å². The lowest BCUT2D eigenvalue weighted by Crippen LogP contribution is -2.48. The number of ether oxygens (including phenoxy) is 1. The summed E-state index contributed by atoms with van der Waals surface area (Å²) in [5.41, 5.74) is 1.78. The number of benzene rings is 2. The van der Waals surface area contributed by atoms with Crippen molar-refractivity contribution in [1.82, 2.24) is 4.90 Å². The third-order valence-electron chi connectivity index (χ3n) is 5.86. The zero-order valence-electron chi connectivity index (χ0n) is 17.9. The van der Waals surface area contributed by atoms with Crippen molar-refractivity contribution in [1.29, 1.82) is 0 Å². The third-order valence-corrected chi connectivity index (χ3v) is 6.98. The van der Waals surface area contributed by atoms with Gasteiger partial charge in [-0.1, -0.05) is 61.9 Å². The van der Waals surface area contributed by atoms with Crippen LogP contribution in [0.1, 0.15) is 45.1 Å². The monoisotopic (exact) mass is 436 g/mol. The van der Waals surface area contributed by atoms with Gasteiger partial charge in [-0.05, 0) is 54.7 Å². The topological polar surface area (TPSA) is 58.6 Å². The molecular formula is C25H28N2O3S. The van der Waals surface area contributed by atoms with E-state index in [-0.39, 0.29) is 23.4 Å². The molecule has 0 spiro atoms. The van der Waals surface area contributed by atoms with Crippen LogP contribution in [0.25, 0.3) is 6.08 Å². The van der Waals surface area contributed by atoms with E-state index < -0.39 is 0 Å². The highest BCUT2D eigenvalue weighted by molar-refractivity contribution is 8.05. The molecule has 2 aliphatic rings. The van der Waals surface area contributed by atoms with Crippen molar-refractivity contribution >= 4 is 35.4 Å². The van der Waals surface area contributed by atoms with Crippen LogP contribution in [0.3, 0.4) is 0 Å². The van der Waals surface area contributed by atoms with Gasteiger partial charge in [0.2, 0.25) is 0 Å². The summed E-state index contributed by atoms with van der Waals surface area (Å²) in [5, 5.41) is 3.56. The molecule has 5 nitrogen and oxygen atoms in total. The van der Waals surface area contributed by atoms with Gasteiger partial charge in [-0.15, -0.1) is 0 Å². The molecule has 0 radical (unpaired) electrons. The summed E-state index contributed by atoms with van der Waals surface area (Å²) in [6.45, 7) is 3.64. The summed E-state index contributed by atoms with van der Waals surface area (Å²) in [6, 6.07) is 17.5. The summed E-state index contributed by atoms with van der Waals surface area (Å²) >= 11 is 1.57. The largest absolute Gasteiger partial charge is 0.427 e. The molecule has 31 heavy (non-hydrogen) atoms. The highest BCUT2D eigenvalue weighted by Crippen LogP contribution is 2.42. The highest BCUT2D eigenvalue weighted by atomic mass is 32.2. The zero-order chi connectivity index (χ0) is 21.8. The smallest absolute Gasteiger partial charge is 0.308 e. The number of carbonyl (C=O) groups excluding carboxylic acids is 2. The van der Waals surface area contributed by atoms with Crippen LogP contribution in [-0.2, 0) is 9.59 Å². The van der Waals surface area contributed by atoms with Crippen molar-refractivity contribution in [2.24, 2.45) is 5.92 Å². The molecule has 1 amide bonds. The van der Waals surface area contributed by atoms with E-state index in [1.54, 1.807) is 23.9 Å². The molecule has 0 aromatic heterocycles. The third kappa shape index (κ3) is 5.13. The maximum absolute atomic E-state index is 13.5. The lowest BCUT2D eigenvalue weighted by Gasteiger charge is -2.39. The molecule has 1 aliphatic heterocycles. The highest BCUT2D eigenvalue weighted by Gasteiger charge is 2.42. The van der Waals surface area contributed by atoms with E-state index in [2.05, 4.69) is 17.1 Å². The predicted molar refractivity (Wildman–Crippen MR) is 125 cm³/mol. The summed E-state index contributed by atoms with van der Waals surface area (Å²) < 4.78 is 5.10. The van der Waals surface area contributed by atoms with Gasteiger partial charge in [0.05, 0.1) is 4.91 Å². The van der Waals surface area contributed by atoms with Gasteiger partial charge in [0.25, 0.3) is 5.91 Å². The van der Waals surface area contributed by atoms with Crippen LogP contribution in [0.4, 0.5) is 5.69 Å². The van der Waals surface area contributed by atoms with Crippen molar-refractivity contribution in [2.75, 3.05) is 5.32 Å². The molecule has 6 heteroatoms. The van der Waals surface area contributed by atoms with E-state index in [0.717, 1.165) is 35.4 Å². The number of carbonyl (C=O) groups is 2. The number of thioether (sulfide) groups is 1. The molecule has 162 valence electrons. The van der Waals surface area contributed by atoms with Crippen LogP contribution in [0.15, 0.2) is 59.5 Å². The summed E-state index contributed by atoms with van der Waals surface area (Å²) in [7, 11) is 0. The average molecular weight is 437 g/mol. The second-order valence-electron chi connectivity index (χ2n) is 8.19. The summed E-state index contributed by atoms with van der Waals surface area (Å²) in [6.07, 6.45) is 6.54. The minimum Gasteiger partial charge on any atom is -0.427 e. The minimum atomic E-state index is -0.347. The Labute approximate surface area is 187 Å². The van der Waals surface area contributed by atoms with Gasteiger partial charge in [0, 0.05) is 18.7 Å². The van der Waals surface area contributed by atoms with Crippen molar-refractivity contribution in [2.45, 2.75) is 51.1 Å². The van der Waals surface area contributed by atoms with Gasteiger partial charge in [-0.25, -0.2) is 0 Å². The number of esters is 1. The first kappa shape index (κ1) is 21.5. The number of nitrogens with zero attached hydrogens (tertiary/aromatic N) is 1. The van der Waals surface area contributed by atoms with E-state index in [0.29, 0.717) is 11.7 Å². The fourth-order valence-corrected chi connectivity index (χ4v) is 5.53. The molecule has 2 aromatic rings. The maximum Gasteiger partial charge on any atom is 0.308 e. The molecule has 1 N–H and O–H groups in total. The van der Waals surface area contributed by atoms with Crippen molar-refractivity contribution < 1.29 is 14.3 Å². The van der Waals surface area contributed by atoms with Crippen molar-refractivity contribution in [3.63, 3.8) is 0 Å². The Bertz CT molecular complexity index is 958. The number of nitrogens with one attached hydrogen (secondary N) is 1. The Kier molecular flexibility index (Phi) is 6.66. The van der Waals surface area contributed by atoms with E-state index >= 15 is 0 Å². The number of rotatable bonds is 5. The normalized spacial score (nSPS) is 25.0. The molecule has 1 saturated carbocycles. The molecule has 1 heterocycles. The fourth-order valence-electron chi connectivity index (χ4n) is 4.32. The average Bonchev–Trinajstić information content (AvgIpc) is 3.05. The Morgan fingerprint density at radius 1 is 1.10 bits per heavy atom. The van der Waals surface area contributed by atoms with Crippen LogP contribution in [0.2, 0.25) is 0 Å². The van der Waals surface area contributed by atoms with E-state index in [4.69, 9.17) is 4.74 Å². The second-order valence-corrected chi connectivity index (χ2v) is 9.32. The van der Waals surface area contributed by atoms with Crippen molar-refractivity contribution in [3.8, 4) is 5.75 Å². The number of para-hydroxylation sites is 1. The lowest BCUT2D eigenvalue weighted by molar-refractivity contribution is -0.132. The second kappa shape index (κ2) is 9.60. The van der Waals surface area contributed by atoms with Gasteiger partial charge in [-0.3, -0.25) is 9.59 Å². The van der Waals surface area contributed by atoms with Gasteiger partial charge < -0.3 is 15.0 Å². The molecular weight excluding hydrogens is 408 g/mol. The number of amides is 1. The first-order valence-electron chi connectivity index (χ1n) is 10.8. The SMILES string of the molecule is CC(=O)Oc1ccc(/C=C2\SC(Nc3ccccc3)N([C@H]3CCCC[C@H]3C)C2=O)cc1. The molecule has 1 unspecified atom stereocenters. The van der Waals surface area contributed by atoms with Gasteiger partial charge in [0.15, 0.2) is 5.50 Å². The lowest BCUT2D eigenvalue weighted by atomic mass is 9.85. The predicted octanol–water partition coefficient (Wildman–Crippen LogP) is 5.50. The Morgan fingerprint density at radius 2 is 1.81 bits per heavy atom. The van der Waals surface area contributed by atoms with Gasteiger partial charge in [0.1, 0.15) is 5.75 Å². The van der Waals surface area contributed by atoms with Gasteiger partial charge in [-0.2, -0.15) is 0 Å². The van der Waals surface area contributed by atoms with Crippen LogP contribution in [0, 0.1) is 5.92 Å². The quantitative estimate of drug-likeness (QED) is 0.381. The molecule has 4 rings (SSSR count). The number of hydrogen-bond donors (Lipinski definition) is 1. The number of anilines is 1. The van der Waals surface area contributed by atoms with Crippen LogP contribution in [0.5, 0.6) is 5.75 Å². The van der Waals surface area contributed by atoms with E-state index in [1.165, 1.54) is 13.3 Å². The molecule has 2 fully saturated rings. The van der Waals surface area contributed by atoms with Gasteiger partial charge >= 0.3 is 5.97 Å². The minimum absolute atomic E-state index is 0.0845. The Morgan fingerprint density at radius 3 is 2.48 bits per heavy atom. The molecule has 2 aromatic carbocycles. The first-order valence-corrected chi connectivity index (χ1v) is 11.7. The molecule has 0 bridgehead atoms.